The van der Waals surface area contributed by atoms with Crippen LogP contribution in [-0.2, 0) is 22.4 Å². The number of hydrazine groups is 2. The van der Waals surface area contributed by atoms with E-state index in [1.807, 2.05) is 6.07 Å². The molecule has 0 aliphatic heterocycles. The highest BCUT2D eigenvalue weighted by atomic mass is 16.6. The van der Waals surface area contributed by atoms with E-state index in [0.717, 1.165) is 11.9 Å². The molecule has 1 aromatic heterocycles. The van der Waals surface area contributed by atoms with E-state index in [2.05, 4.69) is 31.7 Å². The number of rotatable bonds is 10. The topological polar surface area (TPSA) is 194 Å². The highest BCUT2D eigenvalue weighted by Gasteiger charge is 2.24. The predicted octanol–water partition coefficient (Wildman–Crippen LogP) is 1.66. The number of carbonyl (C=O) groups is 2. The van der Waals surface area contributed by atoms with Crippen molar-refractivity contribution in [3.8, 4) is 0 Å². The van der Waals surface area contributed by atoms with Crippen LogP contribution in [0.25, 0.3) is 0 Å². The number of non-ortho nitro benzene ring substituents is 1. The molecule has 0 aliphatic rings. The number of benzene rings is 2. The van der Waals surface area contributed by atoms with Gasteiger partial charge in [-0.3, -0.25) is 51.5 Å². The van der Waals surface area contributed by atoms with Crippen LogP contribution in [-0.4, -0.2) is 31.6 Å². The highest BCUT2D eigenvalue weighted by molar-refractivity contribution is 5.82. The van der Waals surface area contributed by atoms with Gasteiger partial charge < -0.3 is 0 Å². The average Bonchev–Trinajstić information content (AvgIpc) is 2.82. The van der Waals surface area contributed by atoms with Gasteiger partial charge in [-0.1, -0.05) is 42.5 Å². The van der Waals surface area contributed by atoms with Crippen molar-refractivity contribution in [3.05, 3.63) is 92.3 Å². The fourth-order valence-corrected chi connectivity index (χ4v) is 2.78. The van der Waals surface area contributed by atoms with E-state index in [0.29, 0.717) is 5.56 Å². The van der Waals surface area contributed by atoms with Gasteiger partial charge in [-0.05, 0) is 11.1 Å². The third-order valence-corrected chi connectivity index (χ3v) is 4.36. The quantitative estimate of drug-likeness (QED) is 0.252. The summed E-state index contributed by atoms with van der Waals surface area (Å²) in [4.78, 5) is 52.7. The number of hydrogen-bond donors (Lipinski definition) is 4. The normalized spacial score (nSPS) is 10.1. The lowest BCUT2D eigenvalue weighted by Gasteiger charge is -2.11. The third kappa shape index (κ3) is 6.43. The van der Waals surface area contributed by atoms with Gasteiger partial charge in [0.2, 0.25) is 23.5 Å². The van der Waals surface area contributed by atoms with E-state index in [1.54, 1.807) is 24.3 Å². The Morgan fingerprint density at radius 1 is 0.735 bits per heavy atom. The first kappa shape index (κ1) is 23.5. The van der Waals surface area contributed by atoms with E-state index in [1.165, 1.54) is 24.3 Å². The highest BCUT2D eigenvalue weighted by Crippen LogP contribution is 2.27. The van der Waals surface area contributed by atoms with Gasteiger partial charge in [0.1, 0.15) is 6.33 Å². The molecule has 1 heterocycles. The van der Waals surface area contributed by atoms with Gasteiger partial charge >= 0.3 is 5.69 Å². The van der Waals surface area contributed by atoms with Crippen LogP contribution in [0.4, 0.5) is 23.0 Å². The van der Waals surface area contributed by atoms with Crippen LogP contribution in [0.5, 0.6) is 0 Å². The summed E-state index contributed by atoms with van der Waals surface area (Å²) in [5, 5.41) is 22.3. The maximum Gasteiger partial charge on any atom is 0.356 e. The Labute approximate surface area is 191 Å². The number of amides is 2. The van der Waals surface area contributed by atoms with Crippen molar-refractivity contribution in [1.29, 1.82) is 0 Å². The molecule has 14 heteroatoms. The van der Waals surface area contributed by atoms with Crippen molar-refractivity contribution in [2.24, 2.45) is 0 Å². The average molecular weight is 466 g/mol. The van der Waals surface area contributed by atoms with Gasteiger partial charge in [-0.25, -0.2) is 9.97 Å². The van der Waals surface area contributed by atoms with E-state index < -0.39 is 27.3 Å². The van der Waals surface area contributed by atoms with Gasteiger partial charge in [0, 0.05) is 12.1 Å². The molecule has 0 spiro atoms. The number of anilines is 2. The number of carbonyl (C=O) groups excluding carboxylic acids is 2. The molecule has 0 saturated carbocycles. The van der Waals surface area contributed by atoms with Crippen molar-refractivity contribution < 1.29 is 19.4 Å². The summed E-state index contributed by atoms with van der Waals surface area (Å²) in [5.41, 5.74) is 9.87. The summed E-state index contributed by atoms with van der Waals surface area (Å²) >= 11 is 0. The standard InChI is InChI=1S/C20H18N8O6/c29-16(10-13-4-2-1-3-5-13)23-25-19-18(28(33)34)20(22-12-21-19)26-24-17(30)11-14-6-8-15(9-7-14)27(31)32/h1-9,12H,10-11H2,(H,23,29)(H,24,30)(H2,21,22,25,26). The molecular formula is C20H18N8O6. The number of nitrogens with one attached hydrogen (secondary N) is 4. The van der Waals surface area contributed by atoms with E-state index >= 15 is 0 Å². The first-order valence-electron chi connectivity index (χ1n) is 9.70. The fraction of sp³-hybridized carbons (Fsp3) is 0.100. The number of nitro groups is 2. The Morgan fingerprint density at radius 3 is 1.71 bits per heavy atom. The predicted molar refractivity (Wildman–Crippen MR) is 119 cm³/mol. The Morgan fingerprint density at radius 2 is 1.24 bits per heavy atom. The largest absolute Gasteiger partial charge is 0.356 e. The molecule has 14 nitrogen and oxygen atoms in total. The molecule has 0 aliphatic carbocycles. The number of hydrogen-bond acceptors (Lipinski definition) is 10. The Kier molecular flexibility index (Phi) is 7.57. The molecule has 0 radical (unpaired) electrons. The Balaban J connectivity index is 1.61. The number of nitrogens with zero attached hydrogens (tertiary/aromatic N) is 4. The molecule has 0 unspecified atom stereocenters. The maximum atomic E-state index is 12.2. The van der Waals surface area contributed by atoms with Crippen LogP contribution in [0.3, 0.4) is 0 Å². The molecule has 0 bridgehead atoms. The number of aromatic nitrogens is 2. The summed E-state index contributed by atoms with van der Waals surface area (Å²) in [5.74, 6) is -1.65. The first-order valence-corrected chi connectivity index (χ1v) is 9.70. The van der Waals surface area contributed by atoms with E-state index in [9.17, 15) is 29.8 Å². The van der Waals surface area contributed by atoms with Gasteiger partial charge in [-0.2, -0.15) is 0 Å². The molecule has 3 aromatic rings. The van der Waals surface area contributed by atoms with Gasteiger partial charge in [0.25, 0.3) is 5.69 Å². The SMILES string of the molecule is O=C(Cc1ccccc1)NNc1ncnc(NNC(=O)Cc2ccc([N+](=O)[O-])cc2)c1[N+](=O)[O-]. The van der Waals surface area contributed by atoms with Crippen molar-refractivity contribution in [2.45, 2.75) is 12.8 Å². The Bertz CT molecular complexity index is 1200. The molecule has 0 saturated heterocycles. The van der Waals surface area contributed by atoms with Crippen molar-refractivity contribution in [3.63, 3.8) is 0 Å². The number of nitro benzene ring substituents is 1. The summed E-state index contributed by atoms with van der Waals surface area (Å²) in [6.45, 7) is 0. The lowest BCUT2D eigenvalue weighted by Crippen LogP contribution is -2.33. The zero-order valence-electron chi connectivity index (χ0n) is 17.4. The van der Waals surface area contributed by atoms with Crippen molar-refractivity contribution in [1.82, 2.24) is 20.8 Å². The summed E-state index contributed by atoms with van der Waals surface area (Å²) in [7, 11) is 0. The zero-order chi connectivity index (χ0) is 24.5. The second-order valence-electron chi connectivity index (χ2n) is 6.79. The zero-order valence-corrected chi connectivity index (χ0v) is 17.4. The summed E-state index contributed by atoms with van der Waals surface area (Å²) in [6, 6.07) is 14.2. The van der Waals surface area contributed by atoms with Gasteiger partial charge in [-0.15, -0.1) is 0 Å². The minimum Gasteiger partial charge on any atom is -0.276 e. The van der Waals surface area contributed by atoms with Crippen LogP contribution >= 0.6 is 0 Å². The summed E-state index contributed by atoms with van der Waals surface area (Å²) < 4.78 is 0. The van der Waals surface area contributed by atoms with Gasteiger partial charge in [0.15, 0.2) is 0 Å². The Hall–Kier alpha value is -5.14. The molecule has 2 amide bonds. The molecule has 4 N–H and O–H groups in total. The van der Waals surface area contributed by atoms with Crippen LogP contribution in [0.15, 0.2) is 60.9 Å². The van der Waals surface area contributed by atoms with E-state index in [-0.39, 0.29) is 30.2 Å². The minimum atomic E-state index is -0.781. The first-order chi connectivity index (χ1) is 16.3. The monoisotopic (exact) mass is 466 g/mol. The second kappa shape index (κ2) is 10.9. The fourth-order valence-electron chi connectivity index (χ4n) is 2.78. The molecule has 174 valence electrons. The van der Waals surface area contributed by atoms with Gasteiger partial charge in [0.05, 0.1) is 22.7 Å². The molecule has 3 rings (SSSR count). The van der Waals surface area contributed by atoms with E-state index in [4.69, 9.17) is 0 Å². The third-order valence-electron chi connectivity index (χ3n) is 4.36. The molecule has 2 aromatic carbocycles. The molecule has 34 heavy (non-hydrogen) atoms. The lowest BCUT2D eigenvalue weighted by atomic mass is 10.1. The molecular weight excluding hydrogens is 448 g/mol. The second-order valence-corrected chi connectivity index (χ2v) is 6.79. The maximum absolute atomic E-state index is 12.2. The lowest BCUT2D eigenvalue weighted by molar-refractivity contribution is -0.384. The van der Waals surface area contributed by atoms with Crippen molar-refractivity contribution in [2.75, 3.05) is 10.9 Å². The smallest absolute Gasteiger partial charge is 0.276 e. The van der Waals surface area contributed by atoms with Crippen LogP contribution in [0, 0.1) is 20.2 Å². The van der Waals surface area contributed by atoms with Crippen LogP contribution in [0.2, 0.25) is 0 Å². The van der Waals surface area contributed by atoms with Crippen LogP contribution < -0.4 is 21.7 Å². The molecule has 0 atom stereocenters. The van der Waals surface area contributed by atoms with Crippen molar-refractivity contribution >= 4 is 34.8 Å². The van der Waals surface area contributed by atoms with Crippen LogP contribution in [0.1, 0.15) is 11.1 Å². The molecule has 0 fully saturated rings. The minimum absolute atomic E-state index is 0.0382. The summed E-state index contributed by atoms with van der Waals surface area (Å²) in [6.07, 6.45) is 0.893.